The monoisotopic (exact) mass is 274 g/mol. The number of hydrogen-bond acceptors (Lipinski definition) is 2. The van der Waals surface area contributed by atoms with Crippen LogP contribution >= 0.6 is 0 Å². The Hall–Kier alpha value is -0.860. The van der Waals surface area contributed by atoms with E-state index in [1.165, 1.54) is 49.9 Å². The van der Waals surface area contributed by atoms with E-state index in [1.54, 1.807) is 0 Å². The van der Waals surface area contributed by atoms with Gasteiger partial charge in [-0.2, -0.15) is 0 Å². The second-order valence-corrected chi connectivity index (χ2v) is 6.14. The molecular formula is C18H30N2. The van der Waals surface area contributed by atoms with E-state index in [-0.39, 0.29) is 0 Å². The standard InChI is InChI=1S/C18H30N2/c1-3-11-19-13-17-7-9-18(10-8-17)15-20-12-5-6-16(4-2)14-20/h7-10,16,19H,3-6,11-15H2,1-2H3. The fourth-order valence-electron chi connectivity index (χ4n) is 3.06. The first kappa shape index (κ1) is 15.5. The topological polar surface area (TPSA) is 15.3 Å². The largest absolute Gasteiger partial charge is 0.313 e. The first-order chi connectivity index (χ1) is 9.81. The summed E-state index contributed by atoms with van der Waals surface area (Å²) in [5.41, 5.74) is 2.85. The van der Waals surface area contributed by atoms with Crippen LogP contribution in [0.15, 0.2) is 24.3 Å². The smallest absolute Gasteiger partial charge is 0.0233 e. The molecule has 1 N–H and O–H groups in total. The Kier molecular flexibility index (Phi) is 6.55. The molecule has 2 heteroatoms. The lowest BCUT2D eigenvalue weighted by Crippen LogP contribution is -2.34. The molecule has 1 aromatic rings. The maximum Gasteiger partial charge on any atom is 0.0233 e. The van der Waals surface area contributed by atoms with Crippen LogP contribution in [0.5, 0.6) is 0 Å². The Morgan fingerprint density at radius 1 is 1.15 bits per heavy atom. The van der Waals surface area contributed by atoms with E-state index in [9.17, 15) is 0 Å². The Morgan fingerprint density at radius 2 is 1.90 bits per heavy atom. The molecule has 1 aliphatic heterocycles. The minimum atomic E-state index is 0.918. The van der Waals surface area contributed by atoms with Crippen molar-refractivity contribution in [2.75, 3.05) is 19.6 Å². The van der Waals surface area contributed by atoms with Crippen molar-refractivity contribution < 1.29 is 0 Å². The van der Waals surface area contributed by atoms with Crippen LogP contribution < -0.4 is 5.32 Å². The van der Waals surface area contributed by atoms with Crippen LogP contribution in [-0.4, -0.2) is 24.5 Å². The van der Waals surface area contributed by atoms with Crippen LogP contribution in [0.4, 0.5) is 0 Å². The van der Waals surface area contributed by atoms with Crippen LogP contribution in [0, 0.1) is 5.92 Å². The van der Waals surface area contributed by atoms with Gasteiger partial charge >= 0.3 is 0 Å². The van der Waals surface area contributed by atoms with Gasteiger partial charge in [-0.15, -0.1) is 0 Å². The summed E-state index contributed by atoms with van der Waals surface area (Å²) >= 11 is 0. The molecule has 0 aromatic heterocycles. The molecule has 2 rings (SSSR count). The Morgan fingerprint density at radius 3 is 2.60 bits per heavy atom. The second kappa shape index (κ2) is 8.43. The van der Waals surface area contributed by atoms with Gasteiger partial charge in [-0.05, 0) is 49.4 Å². The molecule has 1 heterocycles. The maximum atomic E-state index is 3.46. The third-order valence-electron chi connectivity index (χ3n) is 4.37. The van der Waals surface area contributed by atoms with Crippen LogP contribution in [0.3, 0.4) is 0 Å². The zero-order valence-corrected chi connectivity index (χ0v) is 13.2. The predicted molar refractivity (Wildman–Crippen MR) is 86.7 cm³/mol. The Labute approximate surface area is 124 Å². The quantitative estimate of drug-likeness (QED) is 0.761. The Balaban J connectivity index is 1.80. The molecule has 1 aromatic carbocycles. The summed E-state index contributed by atoms with van der Waals surface area (Å²) in [6.45, 7) is 10.3. The van der Waals surface area contributed by atoms with Crippen LogP contribution in [0.1, 0.15) is 50.7 Å². The lowest BCUT2D eigenvalue weighted by Gasteiger charge is -2.32. The van der Waals surface area contributed by atoms with Gasteiger partial charge in [0.1, 0.15) is 0 Å². The summed E-state index contributed by atoms with van der Waals surface area (Å²) in [7, 11) is 0. The molecule has 0 bridgehead atoms. The third-order valence-corrected chi connectivity index (χ3v) is 4.37. The summed E-state index contributed by atoms with van der Waals surface area (Å²) in [5.74, 6) is 0.918. The van der Waals surface area contributed by atoms with E-state index in [0.717, 1.165) is 25.6 Å². The third kappa shape index (κ3) is 4.92. The summed E-state index contributed by atoms with van der Waals surface area (Å²) < 4.78 is 0. The fourth-order valence-corrected chi connectivity index (χ4v) is 3.06. The van der Waals surface area contributed by atoms with Gasteiger partial charge < -0.3 is 5.32 Å². The van der Waals surface area contributed by atoms with Crippen molar-refractivity contribution in [2.24, 2.45) is 5.92 Å². The lowest BCUT2D eigenvalue weighted by molar-refractivity contribution is 0.165. The van der Waals surface area contributed by atoms with Crippen molar-refractivity contribution >= 4 is 0 Å². The van der Waals surface area contributed by atoms with Crippen LogP contribution in [-0.2, 0) is 13.1 Å². The molecule has 20 heavy (non-hydrogen) atoms. The van der Waals surface area contributed by atoms with Crippen molar-refractivity contribution in [3.63, 3.8) is 0 Å². The first-order valence-electron chi connectivity index (χ1n) is 8.32. The molecule has 1 unspecified atom stereocenters. The van der Waals surface area contributed by atoms with Gasteiger partial charge in [0.25, 0.3) is 0 Å². The summed E-state index contributed by atoms with van der Waals surface area (Å²) in [6, 6.07) is 9.16. The fraction of sp³-hybridized carbons (Fsp3) is 0.667. The van der Waals surface area contributed by atoms with Crippen LogP contribution in [0.25, 0.3) is 0 Å². The average molecular weight is 274 g/mol. The molecule has 1 atom stereocenters. The number of nitrogens with zero attached hydrogens (tertiary/aromatic N) is 1. The molecule has 0 saturated carbocycles. The van der Waals surface area contributed by atoms with E-state index in [1.807, 2.05) is 0 Å². The normalized spacial score (nSPS) is 20.2. The summed E-state index contributed by atoms with van der Waals surface area (Å²) in [4.78, 5) is 2.63. The van der Waals surface area contributed by atoms with E-state index in [0.29, 0.717) is 0 Å². The van der Waals surface area contributed by atoms with Crippen molar-refractivity contribution in [3.8, 4) is 0 Å². The highest BCUT2D eigenvalue weighted by atomic mass is 15.1. The summed E-state index contributed by atoms with van der Waals surface area (Å²) in [5, 5.41) is 3.46. The van der Waals surface area contributed by atoms with Crippen molar-refractivity contribution in [1.82, 2.24) is 10.2 Å². The molecule has 1 aliphatic rings. The van der Waals surface area contributed by atoms with E-state index >= 15 is 0 Å². The van der Waals surface area contributed by atoms with Gasteiger partial charge in [0.2, 0.25) is 0 Å². The second-order valence-electron chi connectivity index (χ2n) is 6.14. The molecule has 1 fully saturated rings. The van der Waals surface area contributed by atoms with Gasteiger partial charge in [0.15, 0.2) is 0 Å². The molecular weight excluding hydrogens is 244 g/mol. The van der Waals surface area contributed by atoms with E-state index in [4.69, 9.17) is 0 Å². The molecule has 0 amide bonds. The average Bonchev–Trinajstić information content (AvgIpc) is 2.49. The van der Waals surface area contributed by atoms with E-state index in [2.05, 4.69) is 48.3 Å². The van der Waals surface area contributed by atoms with Crippen LogP contribution in [0.2, 0.25) is 0 Å². The first-order valence-corrected chi connectivity index (χ1v) is 8.32. The SMILES string of the molecule is CCCNCc1ccc(CN2CCCC(CC)C2)cc1. The molecule has 0 spiro atoms. The van der Waals surface area contributed by atoms with Crippen molar-refractivity contribution in [3.05, 3.63) is 35.4 Å². The number of likely N-dealkylation sites (tertiary alicyclic amines) is 1. The summed E-state index contributed by atoms with van der Waals surface area (Å²) in [6.07, 6.45) is 5.33. The lowest BCUT2D eigenvalue weighted by atomic mass is 9.95. The van der Waals surface area contributed by atoms with Crippen molar-refractivity contribution in [2.45, 2.75) is 52.6 Å². The number of benzene rings is 1. The minimum Gasteiger partial charge on any atom is -0.313 e. The Bertz CT molecular complexity index is 372. The number of rotatable bonds is 7. The van der Waals surface area contributed by atoms with Gasteiger partial charge in [-0.1, -0.05) is 44.5 Å². The maximum absolute atomic E-state index is 3.46. The van der Waals surface area contributed by atoms with Gasteiger partial charge in [0, 0.05) is 19.6 Å². The van der Waals surface area contributed by atoms with Gasteiger partial charge in [-0.25, -0.2) is 0 Å². The highest BCUT2D eigenvalue weighted by molar-refractivity contribution is 5.22. The highest BCUT2D eigenvalue weighted by Gasteiger charge is 2.18. The predicted octanol–water partition coefficient (Wildman–Crippen LogP) is 3.81. The molecule has 2 nitrogen and oxygen atoms in total. The molecule has 0 radical (unpaired) electrons. The zero-order valence-electron chi connectivity index (χ0n) is 13.2. The number of piperidine rings is 1. The molecule has 0 aliphatic carbocycles. The number of nitrogens with one attached hydrogen (secondary N) is 1. The minimum absolute atomic E-state index is 0.918. The highest BCUT2D eigenvalue weighted by Crippen LogP contribution is 2.20. The van der Waals surface area contributed by atoms with Crippen molar-refractivity contribution in [1.29, 1.82) is 0 Å². The van der Waals surface area contributed by atoms with Gasteiger partial charge in [0.05, 0.1) is 0 Å². The van der Waals surface area contributed by atoms with Gasteiger partial charge in [-0.3, -0.25) is 4.90 Å². The molecule has 112 valence electrons. The molecule has 1 saturated heterocycles. The zero-order chi connectivity index (χ0) is 14.2. The number of hydrogen-bond donors (Lipinski definition) is 1. The van der Waals surface area contributed by atoms with E-state index < -0.39 is 0 Å².